The molecular formula is C8H12ClF2N3. The Bertz CT molecular complexity index is 339. The number of halogens is 3. The number of hydrogen-bond donors (Lipinski definition) is 1. The number of aromatic nitrogens is 2. The third-order valence-electron chi connectivity index (χ3n) is 2.70. The van der Waals surface area contributed by atoms with Crippen molar-refractivity contribution >= 4 is 12.4 Å². The van der Waals surface area contributed by atoms with E-state index >= 15 is 0 Å². The van der Waals surface area contributed by atoms with Crippen LogP contribution in [0.3, 0.4) is 0 Å². The van der Waals surface area contributed by atoms with Crippen LogP contribution in [0.5, 0.6) is 0 Å². The molecular weight excluding hydrogens is 212 g/mol. The van der Waals surface area contributed by atoms with Gasteiger partial charge in [-0.1, -0.05) is 0 Å². The first-order chi connectivity index (χ1) is 6.02. The second-order valence-electron chi connectivity index (χ2n) is 3.57. The summed E-state index contributed by atoms with van der Waals surface area (Å²) in [7, 11) is 1.70. The van der Waals surface area contributed by atoms with E-state index in [1.165, 1.54) is 10.9 Å². The van der Waals surface area contributed by atoms with Crippen LogP contribution in [0.25, 0.3) is 0 Å². The first-order valence-electron chi connectivity index (χ1n) is 4.09. The minimum Gasteiger partial charge on any atom is -0.329 e. The molecule has 0 spiro atoms. The van der Waals surface area contributed by atoms with Gasteiger partial charge < -0.3 is 5.73 Å². The van der Waals surface area contributed by atoms with E-state index in [9.17, 15) is 8.78 Å². The maximum absolute atomic E-state index is 13.0. The summed E-state index contributed by atoms with van der Waals surface area (Å²) in [6.45, 7) is -0.0221. The van der Waals surface area contributed by atoms with Crippen LogP contribution in [0.4, 0.5) is 8.78 Å². The van der Waals surface area contributed by atoms with Crippen molar-refractivity contribution in [2.24, 2.45) is 12.8 Å². The van der Waals surface area contributed by atoms with Crippen LogP contribution in [0.1, 0.15) is 12.0 Å². The van der Waals surface area contributed by atoms with Gasteiger partial charge in [-0.3, -0.25) is 4.68 Å². The van der Waals surface area contributed by atoms with Crippen molar-refractivity contribution in [3.8, 4) is 0 Å². The van der Waals surface area contributed by atoms with Gasteiger partial charge in [0.05, 0.1) is 11.6 Å². The van der Waals surface area contributed by atoms with Crippen LogP contribution < -0.4 is 5.73 Å². The fraction of sp³-hybridized carbons (Fsp3) is 0.625. The quantitative estimate of drug-likeness (QED) is 0.816. The van der Waals surface area contributed by atoms with Gasteiger partial charge >= 0.3 is 0 Å². The first kappa shape index (κ1) is 11.4. The van der Waals surface area contributed by atoms with Crippen molar-refractivity contribution in [2.75, 3.05) is 6.54 Å². The molecule has 1 aromatic heterocycles. The fourth-order valence-corrected chi connectivity index (χ4v) is 1.66. The minimum atomic E-state index is -2.65. The zero-order valence-corrected chi connectivity index (χ0v) is 8.52. The molecule has 0 saturated heterocycles. The lowest BCUT2D eigenvalue weighted by Gasteiger charge is -2.10. The monoisotopic (exact) mass is 223 g/mol. The van der Waals surface area contributed by atoms with E-state index in [2.05, 4.69) is 5.10 Å². The molecule has 2 N–H and O–H groups in total. The standard InChI is InChI=1S/C8H11F2N3.ClH/c1-13-3-6(2-12-13)7(5-11)4-8(7,9)10;/h2-3H,4-5,11H2,1H3;1H. The summed E-state index contributed by atoms with van der Waals surface area (Å²) >= 11 is 0. The van der Waals surface area contributed by atoms with Crippen molar-refractivity contribution in [1.29, 1.82) is 0 Å². The summed E-state index contributed by atoms with van der Waals surface area (Å²) < 4.78 is 27.6. The number of aryl methyl sites for hydroxylation is 1. The average Bonchev–Trinajstić information content (AvgIpc) is 2.43. The third-order valence-corrected chi connectivity index (χ3v) is 2.70. The molecule has 1 heterocycles. The summed E-state index contributed by atoms with van der Waals surface area (Å²) in [5, 5.41) is 3.86. The molecule has 1 saturated carbocycles. The normalized spacial score (nSPS) is 28.3. The molecule has 0 bridgehead atoms. The average molecular weight is 224 g/mol. The van der Waals surface area contributed by atoms with Gasteiger partial charge in [-0.05, 0) is 0 Å². The lowest BCUT2D eigenvalue weighted by atomic mass is 9.99. The molecule has 1 aliphatic rings. The Hall–Kier alpha value is -0.680. The van der Waals surface area contributed by atoms with E-state index in [1.807, 2.05) is 0 Å². The van der Waals surface area contributed by atoms with Gasteiger partial charge in [-0.2, -0.15) is 5.10 Å². The van der Waals surface area contributed by atoms with Gasteiger partial charge in [0.2, 0.25) is 0 Å². The molecule has 0 radical (unpaired) electrons. The Morgan fingerprint density at radius 1 is 1.64 bits per heavy atom. The topological polar surface area (TPSA) is 43.8 Å². The molecule has 3 nitrogen and oxygen atoms in total. The summed E-state index contributed by atoms with van der Waals surface area (Å²) in [5.74, 6) is -2.65. The second-order valence-corrected chi connectivity index (χ2v) is 3.57. The van der Waals surface area contributed by atoms with Gasteiger partial charge in [0.25, 0.3) is 5.92 Å². The molecule has 14 heavy (non-hydrogen) atoms. The Morgan fingerprint density at radius 3 is 2.50 bits per heavy atom. The lowest BCUT2D eigenvalue weighted by molar-refractivity contribution is 0.0896. The van der Waals surface area contributed by atoms with Crippen molar-refractivity contribution in [1.82, 2.24) is 9.78 Å². The Labute approximate surface area is 86.7 Å². The van der Waals surface area contributed by atoms with E-state index in [4.69, 9.17) is 5.73 Å². The highest BCUT2D eigenvalue weighted by atomic mass is 35.5. The van der Waals surface area contributed by atoms with Crippen molar-refractivity contribution < 1.29 is 8.78 Å². The van der Waals surface area contributed by atoms with Crippen LogP contribution >= 0.6 is 12.4 Å². The van der Waals surface area contributed by atoms with Gasteiger partial charge in [-0.25, -0.2) is 8.78 Å². The van der Waals surface area contributed by atoms with E-state index in [-0.39, 0.29) is 25.4 Å². The smallest absolute Gasteiger partial charge is 0.260 e. The molecule has 2 rings (SSSR count). The van der Waals surface area contributed by atoms with Crippen LogP contribution in [0.2, 0.25) is 0 Å². The highest BCUT2D eigenvalue weighted by molar-refractivity contribution is 5.85. The predicted octanol–water partition coefficient (Wildman–Crippen LogP) is 1.08. The van der Waals surface area contributed by atoms with Gasteiger partial charge in [0, 0.05) is 31.8 Å². The van der Waals surface area contributed by atoms with Crippen molar-refractivity contribution in [3.05, 3.63) is 18.0 Å². The number of rotatable bonds is 2. The number of nitrogens with zero attached hydrogens (tertiary/aromatic N) is 2. The highest BCUT2D eigenvalue weighted by Gasteiger charge is 2.71. The SMILES string of the molecule is Cl.Cn1cc(C2(CN)CC2(F)F)cn1. The molecule has 0 aromatic carbocycles. The van der Waals surface area contributed by atoms with Crippen LogP contribution in [0.15, 0.2) is 12.4 Å². The van der Waals surface area contributed by atoms with Crippen molar-refractivity contribution in [2.45, 2.75) is 17.8 Å². The third kappa shape index (κ3) is 1.31. The van der Waals surface area contributed by atoms with Crippen molar-refractivity contribution in [3.63, 3.8) is 0 Å². The van der Waals surface area contributed by atoms with Crippen LogP contribution in [-0.4, -0.2) is 22.2 Å². The first-order valence-corrected chi connectivity index (χ1v) is 4.09. The second kappa shape index (κ2) is 3.17. The van der Waals surface area contributed by atoms with E-state index in [0.29, 0.717) is 5.56 Å². The maximum Gasteiger partial charge on any atom is 0.260 e. The largest absolute Gasteiger partial charge is 0.329 e. The maximum atomic E-state index is 13.0. The van der Waals surface area contributed by atoms with E-state index in [1.54, 1.807) is 13.2 Å². The number of alkyl halides is 2. The fourth-order valence-electron chi connectivity index (χ4n) is 1.66. The molecule has 1 aromatic rings. The van der Waals surface area contributed by atoms with E-state index in [0.717, 1.165) is 0 Å². The number of nitrogens with two attached hydrogens (primary N) is 1. The summed E-state index contributed by atoms with van der Waals surface area (Å²) in [4.78, 5) is 0. The van der Waals surface area contributed by atoms with Gasteiger partial charge in [0.1, 0.15) is 0 Å². The molecule has 6 heteroatoms. The molecule has 0 amide bonds. The van der Waals surface area contributed by atoms with Gasteiger partial charge in [-0.15, -0.1) is 12.4 Å². The molecule has 1 atom stereocenters. The van der Waals surface area contributed by atoms with E-state index < -0.39 is 11.3 Å². The van der Waals surface area contributed by atoms with Gasteiger partial charge in [0.15, 0.2) is 0 Å². The summed E-state index contributed by atoms with van der Waals surface area (Å²) in [5.41, 5.74) is 4.78. The molecule has 80 valence electrons. The molecule has 1 unspecified atom stereocenters. The minimum absolute atomic E-state index is 0. The van der Waals surface area contributed by atoms with Crippen LogP contribution in [0, 0.1) is 0 Å². The molecule has 1 aliphatic carbocycles. The number of hydrogen-bond acceptors (Lipinski definition) is 2. The predicted molar refractivity (Wildman–Crippen MR) is 50.8 cm³/mol. The van der Waals surface area contributed by atoms with Crippen LogP contribution in [-0.2, 0) is 12.5 Å². The lowest BCUT2D eigenvalue weighted by Crippen LogP contribution is -2.26. The Balaban J connectivity index is 0.000000980. The zero-order chi connectivity index (χ0) is 9.69. The Kier molecular flexibility index (Phi) is 2.58. The molecule has 0 aliphatic heterocycles. The summed E-state index contributed by atoms with van der Waals surface area (Å²) in [6.07, 6.45) is 2.92. The highest BCUT2D eigenvalue weighted by Crippen LogP contribution is 2.60. The zero-order valence-electron chi connectivity index (χ0n) is 7.70. The molecule has 1 fully saturated rings. The Morgan fingerprint density at radius 2 is 2.21 bits per heavy atom. The summed E-state index contributed by atoms with van der Waals surface area (Å²) in [6, 6.07) is 0.